The zero-order valence-electron chi connectivity index (χ0n) is 24.4. The molecule has 43 heavy (non-hydrogen) atoms. The van der Waals surface area contributed by atoms with Crippen molar-refractivity contribution in [3.8, 4) is 0 Å². The number of benzene rings is 2. The smallest absolute Gasteiger partial charge is 0.326 e. The Balaban J connectivity index is 2.41. The third kappa shape index (κ3) is 11.1. The molecule has 4 amide bonds. The van der Waals surface area contributed by atoms with Crippen molar-refractivity contribution >= 4 is 36.1 Å². The fourth-order valence-electron chi connectivity index (χ4n) is 4.71. The predicted molar refractivity (Wildman–Crippen MR) is 162 cm³/mol. The van der Waals surface area contributed by atoms with E-state index in [9.17, 15) is 29.1 Å². The maximum atomic E-state index is 14.2. The molecule has 0 heterocycles. The summed E-state index contributed by atoms with van der Waals surface area (Å²) in [6.45, 7) is 3.51. The van der Waals surface area contributed by atoms with Crippen molar-refractivity contribution in [1.29, 1.82) is 0 Å². The van der Waals surface area contributed by atoms with Crippen LogP contribution in [0.2, 0.25) is 0 Å². The molecule has 0 bridgehead atoms. The van der Waals surface area contributed by atoms with Crippen LogP contribution in [0, 0.1) is 5.92 Å². The zero-order chi connectivity index (χ0) is 31.9. The predicted octanol–water partition coefficient (Wildman–Crippen LogP) is 0.552. The van der Waals surface area contributed by atoms with Gasteiger partial charge in [0.25, 0.3) is 0 Å². The number of hydrogen-bond acceptors (Lipinski definition) is 6. The standard InChI is InChI=1S/C30H41N7O6/c1-19(2)25(26(31)39)37(22(18-38)16-20-10-5-3-6-11-20)27(40)23(14-9-15-34-29(32)33)35-30(43)36-24(28(41)42)17-21-12-7-4-8-13-21/h3-8,10-13,18-19,22-25H,9,14-17H2,1-2H3,(H2,31,39)(H,41,42)(H4,32,33,34)(H2,35,36,43)/t22-,23+,24+,25+/m1/s1. The van der Waals surface area contributed by atoms with Gasteiger partial charge in [-0.3, -0.25) is 14.6 Å². The fourth-order valence-corrected chi connectivity index (χ4v) is 4.71. The topological polar surface area (TPSA) is 223 Å². The molecule has 0 spiro atoms. The van der Waals surface area contributed by atoms with E-state index in [0.29, 0.717) is 11.8 Å². The number of guanidine groups is 1. The van der Waals surface area contributed by atoms with Crippen LogP contribution in [-0.4, -0.2) is 76.8 Å². The summed E-state index contributed by atoms with van der Waals surface area (Å²) < 4.78 is 0. The van der Waals surface area contributed by atoms with Crippen molar-refractivity contribution in [1.82, 2.24) is 15.5 Å². The molecule has 13 heteroatoms. The van der Waals surface area contributed by atoms with Gasteiger partial charge in [-0.2, -0.15) is 0 Å². The highest BCUT2D eigenvalue weighted by molar-refractivity contribution is 5.94. The molecule has 2 rings (SSSR count). The molecule has 9 N–H and O–H groups in total. The van der Waals surface area contributed by atoms with Gasteiger partial charge in [0, 0.05) is 13.0 Å². The van der Waals surface area contributed by atoms with Gasteiger partial charge in [0.2, 0.25) is 11.8 Å². The molecule has 0 saturated heterocycles. The zero-order valence-corrected chi connectivity index (χ0v) is 24.4. The summed E-state index contributed by atoms with van der Waals surface area (Å²) in [6.07, 6.45) is 0.913. The Morgan fingerprint density at radius 3 is 1.88 bits per heavy atom. The highest BCUT2D eigenvalue weighted by Crippen LogP contribution is 2.20. The first kappa shape index (κ1) is 34.3. The van der Waals surface area contributed by atoms with Crippen molar-refractivity contribution in [2.45, 2.75) is 63.7 Å². The maximum absolute atomic E-state index is 14.2. The molecule has 2 aromatic rings. The second-order valence-electron chi connectivity index (χ2n) is 10.4. The Kier molecular flexibility index (Phi) is 13.6. The second kappa shape index (κ2) is 17.1. The van der Waals surface area contributed by atoms with Crippen molar-refractivity contribution < 1.29 is 29.1 Å². The number of carbonyl (C=O) groups excluding carboxylic acids is 4. The molecule has 0 radical (unpaired) electrons. The van der Waals surface area contributed by atoms with E-state index in [2.05, 4.69) is 15.6 Å². The number of aldehydes is 1. The number of primary amides is 1. The van der Waals surface area contributed by atoms with Gasteiger partial charge in [-0.15, -0.1) is 0 Å². The van der Waals surface area contributed by atoms with Gasteiger partial charge in [0.05, 0.1) is 6.04 Å². The lowest BCUT2D eigenvalue weighted by atomic mass is 9.95. The average Bonchev–Trinajstić information content (AvgIpc) is 2.96. The quantitative estimate of drug-likeness (QED) is 0.0654. The van der Waals surface area contributed by atoms with E-state index >= 15 is 0 Å². The number of urea groups is 1. The van der Waals surface area contributed by atoms with Crippen LogP contribution in [0.3, 0.4) is 0 Å². The Morgan fingerprint density at radius 1 is 0.884 bits per heavy atom. The van der Waals surface area contributed by atoms with Gasteiger partial charge in [-0.1, -0.05) is 74.5 Å². The van der Waals surface area contributed by atoms with Gasteiger partial charge >= 0.3 is 12.0 Å². The van der Waals surface area contributed by atoms with Crippen molar-refractivity contribution in [3.63, 3.8) is 0 Å². The molecule has 13 nitrogen and oxygen atoms in total. The van der Waals surface area contributed by atoms with Gasteiger partial charge < -0.3 is 42.6 Å². The number of nitrogens with two attached hydrogens (primary N) is 3. The molecular formula is C30H41N7O6. The molecular weight excluding hydrogens is 554 g/mol. The first-order valence-electron chi connectivity index (χ1n) is 13.9. The van der Waals surface area contributed by atoms with Crippen LogP contribution in [-0.2, 0) is 32.0 Å². The summed E-state index contributed by atoms with van der Waals surface area (Å²) in [5.41, 5.74) is 18.0. The lowest BCUT2D eigenvalue weighted by molar-refractivity contribution is -0.147. The van der Waals surface area contributed by atoms with Crippen LogP contribution in [0.25, 0.3) is 0 Å². The lowest BCUT2D eigenvalue weighted by Crippen LogP contribution is -2.62. The van der Waals surface area contributed by atoms with Crippen LogP contribution in [0.15, 0.2) is 65.7 Å². The minimum absolute atomic E-state index is 0.000212. The number of nitrogens with one attached hydrogen (secondary N) is 2. The average molecular weight is 596 g/mol. The van der Waals surface area contributed by atoms with Crippen molar-refractivity contribution in [2.24, 2.45) is 28.1 Å². The van der Waals surface area contributed by atoms with Gasteiger partial charge in [-0.05, 0) is 36.3 Å². The van der Waals surface area contributed by atoms with Gasteiger partial charge in [0.15, 0.2) is 5.96 Å². The van der Waals surface area contributed by atoms with Crippen LogP contribution in [0.5, 0.6) is 0 Å². The van der Waals surface area contributed by atoms with E-state index in [-0.39, 0.29) is 38.2 Å². The second-order valence-corrected chi connectivity index (χ2v) is 10.4. The van der Waals surface area contributed by atoms with Crippen molar-refractivity contribution in [2.75, 3.05) is 6.54 Å². The molecule has 0 saturated carbocycles. The van der Waals surface area contributed by atoms with Crippen LogP contribution >= 0.6 is 0 Å². The maximum Gasteiger partial charge on any atom is 0.326 e. The Bertz CT molecular complexity index is 1250. The number of nitrogens with zero attached hydrogens (tertiary/aromatic N) is 2. The summed E-state index contributed by atoms with van der Waals surface area (Å²) in [5, 5.41) is 14.7. The number of rotatable bonds is 17. The molecule has 232 valence electrons. The van der Waals surface area contributed by atoms with E-state index < -0.39 is 53.9 Å². The number of carboxylic acid groups (broad SMARTS) is 1. The van der Waals surface area contributed by atoms with Crippen LogP contribution in [0.4, 0.5) is 4.79 Å². The number of hydrogen-bond donors (Lipinski definition) is 6. The molecule has 0 aliphatic carbocycles. The van der Waals surface area contributed by atoms with Crippen molar-refractivity contribution in [3.05, 3.63) is 71.8 Å². The van der Waals surface area contributed by atoms with Crippen LogP contribution < -0.4 is 27.8 Å². The Morgan fingerprint density at radius 2 is 1.42 bits per heavy atom. The van der Waals surface area contributed by atoms with Gasteiger partial charge in [0.1, 0.15) is 24.4 Å². The first-order valence-corrected chi connectivity index (χ1v) is 13.9. The Hall–Kier alpha value is -4.94. The SMILES string of the molecule is CC(C)[C@@H](C(N)=O)N(C(=O)[C@H](CCCN=C(N)N)NC(=O)N[C@@H](Cc1ccccc1)C(=O)O)[C@@H](C=O)Cc1ccccc1. The normalized spacial score (nSPS) is 13.6. The third-order valence-electron chi connectivity index (χ3n) is 6.71. The largest absolute Gasteiger partial charge is 0.480 e. The van der Waals surface area contributed by atoms with E-state index in [1.807, 2.05) is 0 Å². The first-order chi connectivity index (χ1) is 20.4. The number of aliphatic carboxylic acids is 1. The van der Waals surface area contributed by atoms with E-state index in [0.717, 1.165) is 10.5 Å². The summed E-state index contributed by atoms with van der Waals surface area (Å²) >= 11 is 0. The summed E-state index contributed by atoms with van der Waals surface area (Å²) in [6, 6.07) is 11.9. The number of carbonyl (C=O) groups is 5. The minimum atomic E-state index is -1.30. The summed E-state index contributed by atoms with van der Waals surface area (Å²) in [5.74, 6) is -3.45. The monoisotopic (exact) mass is 595 g/mol. The highest BCUT2D eigenvalue weighted by Gasteiger charge is 2.39. The lowest BCUT2D eigenvalue weighted by Gasteiger charge is -2.38. The number of carboxylic acids is 1. The molecule has 0 aliphatic rings. The molecule has 0 fully saturated rings. The molecule has 0 aliphatic heterocycles. The summed E-state index contributed by atoms with van der Waals surface area (Å²) in [7, 11) is 0. The Labute approximate surface area is 250 Å². The summed E-state index contributed by atoms with van der Waals surface area (Å²) in [4.78, 5) is 69.3. The number of aliphatic imine (C=N–C) groups is 1. The molecule has 4 atom stereocenters. The fraction of sp³-hybridized carbons (Fsp3) is 0.400. The highest BCUT2D eigenvalue weighted by atomic mass is 16.4. The van der Waals surface area contributed by atoms with Crippen LogP contribution in [0.1, 0.15) is 37.8 Å². The van der Waals surface area contributed by atoms with E-state index in [1.54, 1.807) is 74.5 Å². The molecule has 0 aromatic heterocycles. The van der Waals surface area contributed by atoms with E-state index in [1.165, 1.54) is 0 Å². The van der Waals surface area contributed by atoms with Gasteiger partial charge in [-0.25, -0.2) is 9.59 Å². The third-order valence-corrected chi connectivity index (χ3v) is 6.71. The molecule has 2 aromatic carbocycles. The molecule has 0 unspecified atom stereocenters. The van der Waals surface area contributed by atoms with E-state index in [4.69, 9.17) is 17.2 Å². The minimum Gasteiger partial charge on any atom is -0.480 e. The number of amides is 4.